The summed E-state index contributed by atoms with van der Waals surface area (Å²) in [5.74, 6) is -1.41. The number of imide groups is 1. The molecule has 0 saturated heterocycles. The molecule has 140 valence electrons. The minimum Gasteiger partial charge on any atom is -0.449 e. The Morgan fingerprint density at radius 1 is 1.19 bits per heavy atom. The molecule has 0 unspecified atom stereocenters. The van der Waals surface area contributed by atoms with Crippen molar-refractivity contribution in [1.29, 1.82) is 0 Å². The van der Waals surface area contributed by atoms with Gasteiger partial charge < -0.3 is 10.5 Å². The number of urea groups is 1. The number of carbonyl (C=O) groups is 3. The minimum atomic E-state index is -1.18. The van der Waals surface area contributed by atoms with Gasteiger partial charge in [-0.1, -0.05) is 13.8 Å². The third kappa shape index (κ3) is 3.98. The molecule has 0 spiro atoms. The van der Waals surface area contributed by atoms with Crippen LogP contribution >= 0.6 is 0 Å². The third-order valence-corrected chi connectivity index (χ3v) is 3.79. The highest BCUT2D eigenvalue weighted by Gasteiger charge is 2.24. The zero-order valence-corrected chi connectivity index (χ0v) is 15.4. The second kappa shape index (κ2) is 7.51. The molecular formula is C17H23N5O4. The topological polar surface area (TPSA) is 129 Å². The van der Waals surface area contributed by atoms with E-state index in [2.05, 4.69) is 10.1 Å². The summed E-state index contributed by atoms with van der Waals surface area (Å²) in [7, 11) is 0. The summed E-state index contributed by atoms with van der Waals surface area (Å²) in [5.41, 5.74) is 6.45. The molecule has 0 aliphatic rings. The van der Waals surface area contributed by atoms with Crippen molar-refractivity contribution in [3.8, 4) is 0 Å². The smallest absolute Gasteiger partial charge is 0.339 e. The summed E-state index contributed by atoms with van der Waals surface area (Å²) in [6, 6.07) is 0.691. The van der Waals surface area contributed by atoms with Gasteiger partial charge in [-0.05, 0) is 32.8 Å². The van der Waals surface area contributed by atoms with Gasteiger partial charge in [0.1, 0.15) is 0 Å². The fraction of sp³-hybridized carbons (Fsp3) is 0.471. The lowest BCUT2D eigenvalue weighted by Crippen LogP contribution is -2.42. The average Bonchev–Trinajstić information content (AvgIpc) is 2.96. The van der Waals surface area contributed by atoms with E-state index in [0.717, 1.165) is 0 Å². The highest BCUT2D eigenvalue weighted by Crippen LogP contribution is 2.25. The summed E-state index contributed by atoms with van der Waals surface area (Å²) in [6.07, 6.45) is 0.373. The van der Waals surface area contributed by atoms with E-state index in [1.54, 1.807) is 16.9 Å². The number of nitrogens with two attached hydrogens (primary N) is 1. The molecule has 0 aliphatic carbocycles. The number of carbonyl (C=O) groups excluding carboxylic acids is 3. The molecular weight excluding hydrogens is 338 g/mol. The highest BCUT2D eigenvalue weighted by molar-refractivity contribution is 6.04. The molecule has 26 heavy (non-hydrogen) atoms. The Hall–Kier alpha value is -2.97. The number of aromatic nitrogens is 3. The maximum absolute atomic E-state index is 12.6. The number of esters is 1. The van der Waals surface area contributed by atoms with Crippen LogP contribution in [0.15, 0.2) is 12.3 Å². The Morgan fingerprint density at radius 3 is 2.38 bits per heavy atom. The Bertz CT molecular complexity index is 856. The fourth-order valence-corrected chi connectivity index (χ4v) is 2.38. The molecule has 2 heterocycles. The molecule has 9 nitrogen and oxygen atoms in total. The van der Waals surface area contributed by atoms with E-state index >= 15 is 0 Å². The molecule has 1 atom stereocenters. The van der Waals surface area contributed by atoms with E-state index in [9.17, 15) is 14.4 Å². The van der Waals surface area contributed by atoms with E-state index in [-0.39, 0.29) is 17.5 Å². The van der Waals surface area contributed by atoms with Gasteiger partial charge in [0.15, 0.2) is 11.8 Å². The van der Waals surface area contributed by atoms with Crippen LogP contribution in [-0.4, -0.2) is 38.8 Å². The van der Waals surface area contributed by atoms with Crippen LogP contribution in [0, 0.1) is 0 Å². The Labute approximate surface area is 150 Å². The number of ether oxygens (including phenoxy) is 1. The zero-order chi connectivity index (χ0) is 19.6. The average molecular weight is 361 g/mol. The van der Waals surface area contributed by atoms with Crippen molar-refractivity contribution in [2.75, 3.05) is 0 Å². The lowest BCUT2D eigenvalue weighted by Gasteiger charge is -2.14. The predicted molar refractivity (Wildman–Crippen MR) is 94.6 cm³/mol. The normalized spacial score (nSPS) is 12.4. The molecule has 2 aromatic heterocycles. The Balaban J connectivity index is 2.42. The van der Waals surface area contributed by atoms with Crippen LogP contribution < -0.4 is 11.1 Å². The number of fused-ring (bicyclic) bond motifs is 1. The van der Waals surface area contributed by atoms with Crippen molar-refractivity contribution in [2.24, 2.45) is 5.73 Å². The summed E-state index contributed by atoms with van der Waals surface area (Å²) < 4.78 is 6.91. The monoisotopic (exact) mass is 361 g/mol. The van der Waals surface area contributed by atoms with Crippen molar-refractivity contribution in [2.45, 2.75) is 52.7 Å². The third-order valence-electron chi connectivity index (χ3n) is 3.79. The van der Waals surface area contributed by atoms with Gasteiger partial charge in [-0.15, -0.1) is 0 Å². The quantitative estimate of drug-likeness (QED) is 0.782. The van der Waals surface area contributed by atoms with Crippen LogP contribution in [0.2, 0.25) is 0 Å². The number of nitrogens with one attached hydrogen (secondary N) is 1. The van der Waals surface area contributed by atoms with Crippen molar-refractivity contribution in [3.63, 3.8) is 0 Å². The van der Waals surface area contributed by atoms with Crippen molar-refractivity contribution in [3.05, 3.63) is 23.5 Å². The molecule has 9 heteroatoms. The standard InChI is InChI=1S/C17H23N5O4/c1-8(2)13-6-11(12-7-19-22(9(3)4)14(12)20-13)16(24)26-10(5)15(23)21-17(18)25/h6-10H,1-5H3,(H3,18,21,23,25)/t10-/m0/s1. The SMILES string of the molecule is CC(C)c1cc(C(=O)O[C@@H](C)C(=O)NC(N)=O)c2cnn(C(C)C)c2n1. The van der Waals surface area contributed by atoms with Gasteiger partial charge in [-0.25, -0.2) is 19.3 Å². The number of amides is 3. The van der Waals surface area contributed by atoms with Crippen LogP contribution in [0.25, 0.3) is 11.0 Å². The first kappa shape index (κ1) is 19.4. The minimum absolute atomic E-state index is 0.0616. The largest absolute Gasteiger partial charge is 0.449 e. The summed E-state index contributed by atoms with van der Waals surface area (Å²) >= 11 is 0. The van der Waals surface area contributed by atoms with Crippen LogP contribution in [0.1, 0.15) is 62.6 Å². The summed E-state index contributed by atoms with van der Waals surface area (Å²) in [5, 5.41) is 6.71. The van der Waals surface area contributed by atoms with E-state index in [4.69, 9.17) is 10.5 Å². The van der Waals surface area contributed by atoms with E-state index in [1.165, 1.54) is 6.92 Å². The molecule has 0 radical (unpaired) electrons. The Kier molecular flexibility index (Phi) is 5.59. The number of rotatable bonds is 5. The van der Waals surface area contributed by atoms with Gasteiger partial charge in [-0.3, -0.25) is 10.1 Å². The van der Waals surface area contributed by atoms with Crippen LogP contribution in [-0.2, 0) is 9.53 Å². The van der Waals surface area contributed by atoms with E-state index in [0.29, 0.717) is 16.7 Å². The number of hydrogen-bond donors (Lipinski definition) is 2. The molecule has 2 rings (SSSR count). The van der Waals surface area contributed by atoms with Gasteiger partial charge in [0, 0.05) is 11.7 Å². The number of hydrogen-bond acceptors (Lipinski definition) is 6. The van der Waals surface area contributed by atoms with Crippen molar-refractivity contribution in [1.82, 2.24) is 20.1 Å². The first-order valence-corrected chi connectivity index (χ1v) is 8.31. The lowest BCUT2D eigenvalue weighted by molar-refractivity contribution is -0.127. The number of pyridine rings is 1. The first-order valence-electron chi connectivity index (χ1n) is 8.31. The molecule has 3 amide bonds. The number of primary amides is 1. The summed E-state index contributed by atoms with van der Waals surface area (Å²) in [6.45, 7) is 9.20. The Morgan fingerprint density at radius 2 is 1.85 bits per heavy atom. The first-order chi connectivity index (χ1) is 12.1. The van der Waals surface area contributed by atoms with Crippen LogP contribution in [0.4, 0.5) is 4.79 Å². The van der Waals surface area contributed by atoms with Gasteiger partial charge in [0.2, 0.25) is 0 Å². The lowest BCUT2D eigenvalue weighted by atomic mass is 10.1. The van der Waals surface area contributed by atoms with Gasteiger partial charge in [0.05, 0.1) is 17.1 Å². The summed E-state index contributed by atoms with van der Waals surface area (Å²) in [4.78, 5) is 39.7. The van der Waals surface area contributed by atoms with E-state index in [1.807, 2.05) is 33.0 Å². The molecule has 0 aliphatic heterocycles. The van der Waals surface area contributed by atoms with Crippen LogP contribution in [0.5, 0.6) is 0 Å². The molecule has 0 saturated carbocycles. The maximum atomic E-state index is 12.6. The molecule has 2 aromatic rings. The van der Waals surface area contributed by atoms with Crippen LogP contribution in [0.3, 0.4) is 0 Å². The predicted octanol–water partition coefficient (Wildman–Crippen LogP) is 1.88. The van der Waals surface area contributed by atoms with Crippen molar-refractivity contribution >= 4 is 28.9 Å². The van der Waals surface area contributed by atoms with E-state index < -0.39 is 24.0 Å². The number of nitrogens with zero attached hydrogens (tertiary/aromatic N) is 3. The molecule has 0 bridgehead atoms. The molecule has 0 fully saturated rings. The highest BCUT2D eigenvalue weighted by atomic mass is 16.5. The second-order valence-electron chi connectivity index (χ2n) is 6.57. The molecule has 0 aromatic carbocycles. The van der Waals surface area contributed by atoms with Crippen molar-refractivity contribution < 1.29 is 19.1 Å². The molecule has 3 N–H and O–H groups in total. The maximum Gasteiger partial charge on any atom is 0.339 e. The van der Waals surface area contributed by atoms with Gasteiger partial charge in [0.25, 0.3) is 5.91 Å². The second-order valence-corrected chi connectivity index (χ2v) is 6.57. The fourth-order valence-electron chi connectivity index (χ4n) is 2.38. The zero-order valence-electron chi connectivity index (χ0n) is 15.4. The van der Waals surface area contributed by atoms with Gasteiger partial charge >= 0.3 is 12.0 Å². The van der Waals surface area contributed by atoms with Gasteiger partial charge in [-0.2, -0.15) is 5.10 Å².